The molecule has 4 N–H and O–H groups in total. The molecule has 0 aromatic heterocycles. The molecule has 0 bridgehead atoms. The summed E-state index contributed by atoms with van der Waals surface area (Å²) in [5.41, 5.74) is 1.10. The van der Waals surface area contributed by atoms with Crippen LogP contribution < -0.4 is 21.3 Å². The molecule has 31 heavy (non-hydrogen) atoms. The lowest BCUT2D eigenvalue weighted by Gasteiger charge is -2.19. The Kier molecular flexibility index (Phi) is 14.7. The molecule has 0 aliphatic heterocycles. The van der Waals surface area contributed by atoms with E-state index in [0.717, 1.165) is 24.9 Å². The molecule has 8 nitrogen and oxygen atoms in total. The van der Waals surface area contributed by atoms with Crippen LogP contribution in [-0.4, -0.2) is 49.7 Å². The predicted molar refractivity (Wildman–Crippen MR) is 136 cm³/mol. The first kappa shape index (κ1) is 29.0. The number of amides is 2. The van der Waals surface area contributed by atoms with Crippen LogP contribution in [0.25, 0.3) is 0 Å². The molecule has 0 spiro atoms. The van der Waals surface area contributed by atoms with Gasteiger partial charge in [-0.25, -0.2) is 9.79 Å². The van der Waals surface area contributed by atoms with E-state index in [9.17, 15) is 9.59 Å². The summed E-state index contributed by atoms with van der Waals surface area (Å²) < 4.78 is 5.20. The molecule has 1 rings (SSSR count). The molecule has 0 unspecified atom stereocenters. The van der Waals surface area contributed by atoms with Crippen LogP contribution in [0, 0.1) is 0 Å². The van der Waals surface area contributed by atoms with E-state index < -0.39 is 11.7 Å². The highest BCUT2D eigenvalue weighted by atomic mass is 127. The fourth-order valence-electron chi connectivity index (χ4n) is 2.46. The van der Waals surface area contributed by atoms with Crippen molar-refractivity contribution in [1.82, 2.24) is 21.3 Å². The van der Waals surface area contributed by atoms with E-state index in [-0.39, 0.29) is 29.9 Å². The molecule has 0 aliphatic rings. The maximum Gasteiger partial charge on any atom is 0.407 e. The van der Waals surface area contributed by atoms with Crippen molar-refractivity contribution in [2.75, 3.05) is 26.2 Å². The van der Waals surface area contributed by atoms with Gasteiger partial charge in [-0.05, 0) is 58.2 Å². The standard InChI is InChI=1S/C22H37N5O3.HI/c1-6-12-24-19(28)18-11-8-10-17(15-18)16-27-20(23-7-2)25-13-9-14-26-21(29)30-22(3,4)5;/h8,10-11,15H,6-7,9,12-14,16H2,1-5H3,(H,24,28)(H,26,29)(H2,23,25,27);1H. The van der Waals surface area contributed by atoms with Gasteiger partial charge >= 0.3 is 6.09 Å². The molecular formula is C22H38IN5O3. The number of hydrogen-bond donors (Lipinski definition) is 4. The van der Waals surface area contributed by atoms with Gasteiger partial charge in [-0.15, -0.1) is 24.0 Å². The predicted octanol–water partition coefficient (Wildman–Crippen LogP) is 3.41. The van der Waals surface area contributed by atoms with E-state index in [4.69, 9.17) is 4.74 Å². The average Bonchev–Trinajstić information content (AvgIpc) is 2.68. The van der Waals surface area contributed by atoms with Crippen LogP contribution in [0.15, 0.2) is 29.3 Å². The van der Waals surface area contributed by atoms with E-state index >= 15 is 0 Å². The van der Waals surface area contributed by atoms with Gasteiger partial charge in [-0.3, -0.25) is 4.79 Å². The zero-order chi connectivity index (χ0) is 22.4. The lowest BCUT2D eigenvalue weighted by molar-refractivity contribution is 0.0527. The van der Waals surface area contributed by atoms with Gasteiger partial charge in [0.15, 0.2) is 5.96 Å². The summed E-state index contributed by atoms with van der Waals surface area (Å²) in [5, 5.41) is 12.1. The number of hydrogen-bond acceptors (Lipinski definition) is 4. The van der Waals surface area contributed by atoms with Gasteiger partial charge in [0.05, 0.1) is 6.54 Å². The molecule has 1 aromatic rings. The Morgan fingerprint density at radius 2 is 1.71 bits per heavy atom. The highest BCUT2D eigenvalue weighted by Gasteiger charge is 2.15. The third-order valence-corrected chi connectivity index (χ3v) is 3.80. The molecule has 0 radical (unpaired) electrons. The van der Waals surface area contributed by atoms with Crippen molar-refractivity contribution < 1.29 is 14.3 Å². The van der Waals surface area contributed by atoms with Gasteiger partial charge in [0.1, 0.15) is 5.60 Å². The number of benzene rings is 1. The molecule has 176 valence electrons. The number of guanidine groups is 1. The molecule has 9 heteroatoms. The maximum atomic E-state index is 12.1. The number of halogens is 1. The van der Waals surface area contributed by atoms with Crippen LogP contribution in [0.3, 0.4) is 0 Å². The summed E-state index contributed by atoms with van der Waals surface area (Å²) in [6, 6.07) is 7.49. The molecule has 0 saturated carbocycles. The van der Waals surface area contributed by atoms with Crippen molar-refractivity contribution in [3.05, 3.63) is 35.4 Å². The van der Waals surface area contributed by atoms with E-state index in [2.05, 4.69) is 26.3 Å². The minimum atomic E-state index is -0.499. The van der Waals surface area contributed by atoms with Crippen molar-refractivity contribution in [2.24, 2.45) is 4.99 Å². The van der Waals surface area contributed by atoms with Crippen LogP contribution in [0.2, 0.25) is 0 Å². The molecule has 0 saturated heterocycles. The Hall–Kier alpha value is -2.04. The highest BCUT2D eigenvalue weighted by molar-refractivity contribution is 14.0. The first-order valence-electron chi connectivity index (χ1n) is 10.6. The van der Waals surface area contributed by atoms with Crippen LogP contribution in [-0.2, 0) is 11.3 Å². The second kappa shape index (κ2) is 15.7. The minimum absolute atomic E-state index is 0. The Balaban J connectivity index is 0.00000900. The lowest BCUT2D eigenvalue weighted by Crippen LogP contribution is -2.39. The summed E-state index contributed by atoms with van der Waals surface area (Å²) in [4.78, 5) is 28.3. The Morgan fingerprint density at radius 1 is 1.00 bits per heavy atom. The van der Waals surface area contributed by atoms with Gasteiger partial charge in [0.25, 0.3) is 5.91 Å². The Morgan fingerprint density at radius 3 is 2.35 bits per heavy atom. The fraction of sp³-hybridized carbons (Fsp3) is 0.591. The van der Waals surface area contributed by atoms with E-state index in [1.807, 2.05) is 52.8 Å². The van der Waals surface area contributed by atoms with Gasteiger partial charge in [-0.1, -0.05) is 19.1 Å². The SMILES string of the molecule is CCCNC(=O)c1cccc(CN=C(NCC)NCCCNC(=O)OC(C)(C)C)c1.I. The largest absolute Gasteiger partial charge is 0.444 e. The van der Waals surface area contributed by atoms with Crippen molar-refractivity contribution in [3.8, 4) is 0 Å². The second-order valence-electron chi connectivity index (χ2n) is 7.86. The molecule has 1 aromatic carbocycles. The van der Waals surface area contributed by atoms with Crippen LogP contribution in [0.4, 0.5) is 4.79 Å². The number of carbonyl (C=O) groups is 2. The molecule has 0 aliphatic carbocycles. The van der Waals surface area contributed by atoms with Gasteiger partial charge in [-0.2, -0.15) is 0 Å². The topological polar surface area (TPSA) is 104 Å². The summed E-state index contributed by atoms with van der Waals surface area (Å²) in [6.07, 6.45) is 1.23. The average molecular weight is 547 g/mol. The van der Waals surface area contributed by atoms with E-state index in [1.165, 1.54) is 0 Å². The van der Waals surface area contributed by atoms with E-state index in [1.54, 1.807) is 6.07 Å². The Labute approximate surface area is 203 Å². The molecule has 2 amide bonds. The quantitative estimate of drug-likeness (QED) is 0.156. The number of nitrogens with one attached hydrogen (secondary N) is 4. The molecular weight excluding hydrogens is 509 g/mol. The van der Waals surface area contributed by atoms with Crippen LogP contribution in [0.5, 0.6) is 0 Å². The summed E-state index contributed by atoms with van der Waals surface area (Å²) in [5.74, 6) is 0.626. The minimum Gasteiger partial charge on any atom is -0.444 e. The molecule has 0 heterocycles. The zero-order valence-electron chi connectivity index (χ0n) is 19.3. The third kappa shape index (κ3) is 13.8. The van der Waals surface area contributed by atoms with Crippen LogP contribution >= 0.6 is 24.0 Å². The number of alkyl carbamates (subject to hydrolysis) is 1. The fourth-order valence-corrected chi connectivity index (χ4v) is 2.46. The second-order valence-corrected chi connectivity index (χ2v) is 7.86. The summed E-state index contributed by atoms with van der Waals surface area (Å²) in [7, 11) is 0. The van der Waals surface area contributed by atoms with Crippen molar-refractivity contribution >= 4 is 41.9 Å². The number of aliphatic imine (C=N–C) groups is 1. The first-order chi connectivity index (χ1) is 14.2. The summed E-state index contributed by atoms with van der Waals surface area (Å²) in [6.45, 7) is 12.5. The highest BCUT2D eigenvalue weighted by Crippen LogP contribution is 2.07. The smallest absolute Gasteiger partial charge is 0.407 e. The lowest BCUT2D eigenvalue weighted by atomic mass is 10.1. The van der Waals surface area contributed by atoms with Gasteiger partial charge in [0, 0.05) is 31.7 Å². The number of ether oxygens (including phenoxy) is 1. The van der Waals surface area contributed by atoms with E-state index in [0.29, 0.717) is 37.7 Å². The third-order valence-electron chi connectivity index (χ3n) is 3.80. The van der Waals surface area contributed by atoms with Gasteiger partial charge in [0.2, 0.25) is 0 Å². The van der Waals surface area contributed by atoms with Gasteiger partial charge < -0.3 is 26.0 Å². The molecule has 0 atom stereocenters. The number of rotatable bonds is 10. The van der Waals surface area contributed by atoms with Crippen molar-refractivity contribution in [2.45, 2.75) is 59.6 Å². The normalized spacial score (nSPS) is 11.2. The monoisotopic (exact) mass is 547 g/mol. The number of carbonyl (C=O) groups excluding carboxylic acids is 2. The molecule has 0 fully saturated rings. The maximum absolute atomic E-state index is 12.1. The zero-order valence-corrected chi connectivity index (χ0v) is 21.7. The number of nitrogens with zero attached hydrogens (tertiary/aromatic N) is 1. The summed E-state index contributed by atoms with van der Waals surface area (Å²) >= 11 is 0. The van der Waals surface area contributed by atoms with Crippen molar-refractivity contribution in [1.29, 1.82) is 0 Å². The van der Waals surface area contributed by atoms with Crippen LogP contribution in [0.1, 0.15) is 63.4 Å². The van der Waals surface area contributed by atoms with Crippen molar-refractivity contribution in [3.63, 3.8) is 0 Å². The Bertz CT molecular complexity index is 705. The first-order valence-corrected chi connectivity index (χ1v) is 10.6.